The summed E-state index contributed by atoms with van der Waals surface area (Å²) < 4.78 is 52.6. The first-order valence-corrected chi connectivity index (χ1v) is 14.1. The molecular weight excluding hydrogens is 547 g/mol. The molecule has 0 heterocycles. The number of halogens is 4. The fourth-order valence-electron chi connectivity index (χ4n) is 3.54. The third-order valence-corrected chi connectivity index (χ3v) is 7.28. The van der Waals surface area contributed by atoms with Crippen LogP contribution in [0, 0.1) is 11.6 Å². The van der Waals surface area contributed by atoms with Crippen molar-refractivity contribution in [3.05, 3.63) is 63.6 Å². The summed E-state index contributed by atoms with van der Waals surface area (Å²) in [5, 5.41) is 3.50. The molecule has 0 aliphatic carbocycles. The van der Waals surface area contributed by atoms with Gasteiger partial charge < -0.3 is 10.2 Å². The average molecular weight is 579 g/mol. The van der Waals surface area contributed by atoms with E-state index in [2.05, 4.69) is 5.32 Å². The molecule has 2 aromatic rings. The molecule has 2 amide bonds. The lowest BCUT2D eigenvalue weighted by Gasteiger charge is -2.32. The number of nitrogens with zero attached hydrogens (tertiary/aromatic N) is 2. The number of hydrogen-bond acceptors (Lipinski definition) is 4. The average Bonchev–Trinajstić information content (AvgIpc) is 2.76. The van der Waals surface area contributed by atoms with Gasteiger partial charge in [-0.25, -0.2) is 17.2 Å². The SMILES string of the molecule is C[C@H](C(=O)NC(C)(C)C)N(Cc1ccc(Cl)c(Cl)c1)C(=O)CCCN(c1ccc(F)c(F)c1)S(C)(=O)=O. The van der Waals surface area contributed by atoms with Crippen molar-refractivity contribution < 1.29 is 26.8 Å². The minimum absolute atomic E-state index is 0.0561. The normalized spacial score (nSPS) is 12.7. The summed E-state index contributed by atoms with van der Waals surface area (Å²) in [6.45, 7) is 6.97. The highest BCUT2D eigenvalue weighted by Crippen LogP contribution is 2.25. The maximum atomic E-state index is 13.7. The highest BCUT2D eigenvalue weighted by molar-refractivity contribution is 7.92. The van der Waals surface area contributed by atoms with Crippen LogP contribution in [0.25, 0.3) is 0 Å². The van der Waals surface area contributed by atoms with Gasteiger partial charge in [0, 0.05) is 31.1 Å². The van der Waals surface area contributed by atoms with Gasteiger partial charge in [0.1, 0.15) is 6.04 Å². The van der Waals surface area contributed by atoms with Gasteiger partial charge in [-0.15, -0.1) is 0 Å². The summed E-state index contributed by atoms with van der Waals surface area (Å²) in [5.41, 5.74) is 0.0708. The van der Waals surface area contributed by atoms with E-state index in [0.717, 1.165) is 28.8 Å². The Hall–Kier alpha value is -2.43. The van der Waals surface area contributed by atoms with Gasteiger partial charge in [-0.2, -0.15) is 0 Å². The lowest BCUT2D eigenvalue weighted by Crippen LogP contribution is -2.52. The van der Waals surface area contributed by atoms with Crippen LogP contribution in [0.2, 0.25) is 10.0 Å². The Morgan fingerprint density at radius 3 is 2.22 bits per heavy atom. The fraction of sp³-hybridized carbons (Fsp3) is 0.440. The van der Waals surface area contributed by atoms with Crippen LogP contribution in [-0.4, -0.2) is 49.5 Å². The number of benzene rings is 2. The third kappa shape index (κ3) is 9.12. The molecule has 1 N–H and O–H groups in total. The number of carbonyl (C=O) groups is 2. The van der Waals surface area contributed by atoms with Gasteiger partial charge >= 0.3 is 0 Å². The van der Waals surface area contributed by atoms with Crippen LogP contribution >= 0.6 is 23.2 Å². The maximum absolute atomic E-state index is 13.7. The zero-order valence-electron chi connectivity index (χ0n) is 21.3. The molecule has 0 spiro atoms. The minimum Gasteiger partial charge on any atom is -0.350 e. The Balaban J connectivity index is 2.23. The van der Waals surface area contributed by atoms with Gasteiger partial charge in [0.2, 0.25) is 21.8 Å². The number of anilines is 1. The molecular formula is C25H31Cl2F2N3O4S. The molecule has 7 nitrogen and oxygen atoms in total. The molecule has 0 aliphatic rings. The molecule has 0 saturated carbocycles. The lowest BCUT2D eigenvalue weighted by molar-refractivity contribution is -0.141. The first-order valence-electron chi connectivity index (χ1n) is 11.5. The van der Waals surface area contributed by atoms with Crippen LogP contribution < -0.4 is 9.62 Å². The van der Waals surface area contributed by atoms with E-state index in [9.17, 15) is 26.8 Å². The first-order chi connectivity index (χ1) is 17.0. The van der Waals surface area contributed by atoms with E-state index < -0.39 is 39.1 Å². The van der Waals surface area contributed by atoms with Gasteiger partial charge in [-0.05, 0) is 63.9 Å². The summed E-state index contributed by atoms with van der Waals surface area (Å²) in [6, 6.07) is 6.81. The van der Waals surface area contributed by atoms with Crippen molar-refractivity contribution in [1.29, 1.82) is 0 Å². The standard InChI is InChI=1S/C25H31Cl2F2N3O4S/c1-16(24(34)30-25(2,3)4)31(15-17-8-10-19(26)20(27)13-17)23(33)7-6-12-32(37(5,35)36)18-9-11-21(28)22(29)14-18/h8-11,13-14,16H,6-7,12,15H2,1-5H3,(H,30,34)/t16-/m1/s1. The molecule has 1 atom stereocenters. The number of carbonyl (C=O) groups excluding carboxylic acids is 2. The van der Waals surface area contributed by atoms with Crippen molar-refractivity contribution in [3.8, 4) is 0 Å². The van der Waals surface area contributed by atoms with E-state index in [1.807, 2.05) is 20.8 Å². The molecule has 0 aromatic heterocycles. The van der Waals surface area contributed by atoms with Gasteiger partial charge in [0.15, 0.2) is 11.6 Å². The van der Waals surface area contributed by atoms with Crippen LogP contribution in [0.5, 0.6) is 0 Å². The molecule has 2 aromatic carbocycles. The summed E-state index contributed by atoms with van der Waals surface area (Å²) in [5.74, 6) is -3.05. The Morgan fingerprint density at radius 1 is 1.03 bits per heavy atom. The summed E-state index contributed by atoms with van der Waals surface area (Å²) in [6.07, 6.45) is 0.895. The topological polar surface area (TPSA) is 86.8 Å². The number of sulfonamides is 1. The highest BCUT2D eigenvalue weighted by Gasteiger charge is 2.29. The number of rotatable bonds is 10. The largest absolute Gasteiger partial charge is 0.350 e. The van der Waals surface area contributed by atoms with E-state index in [-0.39, 0.29) is 37.5 Å². The van der Waals surface area contributed by atoms with E-state index in [1.54, 1.807) is 25.1 Å². The zero-order valence-corrected chi connectivity index (χ0v) is 23.6. The van der Waals surface area contributed by atoms with E-state index in [1.165, 1.54) is 4.90 Å². The van der Waals surface area contributed by atoms with Gasteiger partial charge in [-0.3, -0.25) is 13.9 Å². The van der Waals surface area contributed by atoms with E-state index in [4.69, 9.17) is 23.2 Å². The highest BCUT2D eigenvalue weighted by atomic mass is 35.5. The molecule has 0 fully saturated rings. The predicted octanol–water partition coefficient (Wildman–Crippen LogP) is 5.15. The first kappa shape index (κ1) is 30.8. The molecule has 204 valence electrons. The summed E-state index contributed by atoms with van der Waals surface area (Å²) in [4.78, 5) is 27.5. The molecule has 0 unspecified atom stereocenters. The number of hydrogen-bond donors (Lipinski definition) is 1. The van der Waals surface area contributed by atoms with Gasteiger partial charge in [-0.1, -0.05) is 29.3 Å². The lowest BCUT2D eigenvalue weighted by atomic mass is 10.1. The molecule has 37 heavy (non-hydrogen) atoms. The van der Waals surface area contributed by atoms with Gasteiger partial charge in [0.25, 0.3) is 0 Å². The van der Waals surface area contributed by atoms with Gasteiger partial charge in [0.05, 0.1) is 22.0 Å². The molecule has 12 heteroatoms. The maximum Gasteiger partial charge on any atom is 0.242 e. The van der Waals surface area contributed by atoms with E-state index >= 15 is 0 Å². The second-order valence-corrected chi connectivity index (χ2v) is 12.4. The monoisotopic (exact) mass is 577 g/mol. The van der Waals surface area contributed by atoms with Crippen molar-refractivity contribution in [1.82, 2.24) is 10.2 Å². The number of amides is 2. The fourth-order valence-corrected chi connectivity index (χ4v) is 4.81. The van der Waals surface area contributed by atoms with Crippen molar-refractivity contribution in [2.75, 3.05) is 17.1 Å². The second-order valence-electron chi connectivity index (χ2n) is 9.72. The van der Waals surface area contributed by atoms with Crippen molar-refractivity contribution in [2.45, 2.75) is 58.7 Å². The number of nitrogens with one attached hydrogen (secondary N) is 1. The smallest absolute Gasteiger partial charge is 0.242 e. The molecule has 0 radical (unpaired) electrons. The molecule has 0 saturated heterocycles. The van der Waals surface area contributed by atoms with Crippen LogP contribution in [0.3, 0.4) is 0 Å². The summed E-state index contributed by atoms with van der Waals surface area (Å²) >= 11 is 12.1. The Bertz CT molecular complexity index is 1250. The van der Waals surface area contributed by atoms with Crippen LogP contribution in [-0.2, 0) is 26.2 Å². The van der Waals surface area contributed by atoms with Crippen LogP contribution in [0.1, 0.15) is 46.1 Å². The summed E-state index contributed by atoms with van der Waals surface area (Å²) in [7, 11) is -3.85. The molecule has 0 aliphatic heterocycles. The van der Waals surface area contributed by atoms with Crippen molar-refractivity contribution >= 4 is 50.7 Å². The Kier molecular flexibility index (Phi) is 10.3. The quantitative estimate of drug-likeness (QED) is 0.423. The Labute approximate surface area is 226 Å². The van der Waals surface area contributed by atoms with Crippen LogP contribution in [0.15, 0.2) is 36.4 Å². The molecule has 2 rings (SSSR count). The minimum atomic E-state index is -3.85. The second kappa shape index (κ2) is 12.4. The zero-order chi connectivity index (χ0) is 28.1. The van der Waals surface area contributed by atoms with Crippen molar-refractivity contribution in [3.63, 3.8) is 0 Å². The molecule has 0 bridgehead atoms. The Morgan fingerprint density at radius 2 is 1.68 bits per heavy atom. The van der Waals surface area contributed by atoms with E-state index in [0.29, 0.717) is 15.6 Å². The van der Waals surface area contributed by atoms with Crippen LogP contribution in [0.4, 0.5) is 14.5 Å². The van der Waals surface area contributed by atoms with Crippen molar-refractivity contribution in [2.24, 2.45) is 0 Å². The third-order valence-electron chi connectivity index (χ3n) is 5.35. The predicted molar refractivity (Wildman–Crippen MR) is 142 cm³/mol.